The van der Waals surface area contributed by atoms with Crippen molar-refractivity contribution < 1.29 is 14.4 Å². The third-order valence-corrected chi connectivity index (χ3v) is 8.63. The maximum absolute atomic E-state index is 13.6. The second-order valence-electron chi connectivity index (χ2n) is 10.5. The average Bonchev–Trinajstić information content (AvgIpc) is 3.47. The monoisotopic (exact) mass is 519 g/mol. The summed E-state index contributed by atoms with van der Waals surface area (Å²) in [6.45, 7) is 4.87. The zero-order valence-electron chi connectivity index (χ0n) is 23.1. The van der Waals surface area contributed by atoms with E-state index in [4.69, 9.17) is 4.79 Å². The molecule has 2 aliphatic carbocycles. The zero-order chi connectivity index (χ0) is 27.4. The fourth-order valence-electron chi connectivity index (χ4n) is 7.07. The fourth-order valence-corrected chi connectivity index (χ4v) is 7.07. The number of carbonyl (C=O) groups excluding carboxylic acids is 3. The highest BCUT2D eigenvalue weighted by Gasteiger charge is 2.67. The minimum absolute atomic E-state index is 0.123. The van der Waals surface area contributed by atoms with Crippen LogP contribution in [-0.4, -0.2) is 30.7 Å². The second kappa shape index (κ2) is 14.2. The fraction of sp³-hybridized carbons (Fsp3) is 0.531. The molecule has 206 valence electrons. The molecule has 2 aromatic rings. The van der Waals surface area contributed by atoms with Gasteiger partial charge in [-0.05, 0) is 42.9 Å². The first-order chi connectivity index (χ1) is 18.6. The lowest BCUT2D eigenvalue weighted by atomic mass is 9.56. The van der Waals surface area contributed by atoms with Gasteiger partial charge in [0.25, 0.3) is 0 Å². The summed E-state index contributed by atoms with van der Waals surface area (Å²) in [6, 6.07) is 18.9. The van der Waals surface area contributed by atoms with E-state index in [-0.39, 0.29) is 23.8 Å². The first kappa shape index (κ1) is 29.6. The van der Waals surface area contributed by atoms with Gasteiger partial charge < -0.3 is 21.2 Å². The Kier molecular flexibility index (Phi) is 11.1. The normalized spacial score (nSPS) is 24.9. The summed E-state index contributed by atoms with van der Waals surface area (Å²) in [7, 11) is 0. The zero-order valence-corrected chi connectivity index (χ0v) is 23.1. The molecule has 2 aromatic carbocycles. The van der Waals surface area contributed by atoms with Crippen molar-refractivity contribution in [3.8, 4) is 0 Å². The number of benzene rings is 2. The van der Waals surface area contributed by atoms with Crippen molar-refractivity contribution in [3.05, 3.63) is 65.7 Å². The Balaban J connectivity index is 0.000000258. The summed E-state index contributed by atoms with van der Waals surface area (Å²) in [4.78, 5) is 32.3. The van der Waals surface area contributed by atoms with Crippen LogP contribution in [0.15, 0.2) is 54.6 Å². The number of anilines is 1. The van der Waals surface area contributed by atoms with Crippen LogP contribution in [0.1, 0.15) is 95.1 Å². The summed E-state index contributed by atoms with van der Waals surface area (Å²) in [6.07, 6.45) is 13.4. The first-order valence-corrected chi connectivity index (χ1v) is 14.4. The standard InChI is InChI=1S/C22H24N2O.C7H12O.C2H6.CH3NO/c25-20-22(17-11-5-6-12-19(17)24-20)18(16-9-3-1-4-10-16)15-23-21(22)13-7-2-8-14-21;8-6-7-4-2-1-3-5-7;1-2;2-1-3/h1,3-6,9-12,18,23H,2,7-8,13-15H2,(H,24,25);6-7H,1-5H2;1-2H3;1H,(H2,2,3)/t18?,22-;;;/m1.../s1. The number of hydrogen-bond acceptors (Lipinski definition) is 4. The van der Waals surface area contributed by atoms with E-state index in [0.29, 0.717) is 5.92 Å². The number of para-hydroxylation sites is 1. The Bertz CT molecular complexity index is 1030. The molecule has 0 aromatic heterocycles. The molecule has 2 amide bonds. The Morgan fingerprint density at radius 2 is 1.42 bits per heavy atom. The van der Waals surface area contributed by atoms with Crippen LogP contribution < -0.4 is 16.4 Å². The van der Waals surface area contributed by atoms with Crippen LogP contribution in [0.5, 0.6) is 0 Å². The summed E-state index contributed by atoms with van der Waals surface area (Å²) in [5.74, 6) is 0.772. The van der Waals surface area contributed by atoms with Crippen LogP contribution in [0, 0.1) is 5.92 Å². The number of fused-ring (bicyclic) bond motifs is 3. The first-order valence-electron chi connectivity index (χ1n) is 14.4. The lowest BCUT2D eigenvalue weighted by molar-refractivity contribution is -0.124. The van der Waals surface area contributed by atoms with Crippen molar-refractivity contribution >= 4 is 24.3 Å². The lowest BCUT2D eigenvalue weighted by Gasteiger charge is -2.47. The largest absolute Gasteiger partial charge is 0.372 e. The van der Waals surface area contributed by atoms with E-state index in [1.807, 2.05) is 19.9 Å². The summed E-state index contributed by atoms with van der Waals surface area (Å²) < 4.78 is 0. The molecule has 2 atom stereocenters. The predicted octanol–water partition coefficient (Wildman–Crippen LogP) is 5.86. The summed E-state index contributed by atoms with van der Waals surface area (Å²) in [5.41, 5.74) is 7.01. The number of nitrogens with one attached hydrogen (secondary N) is 2. The SMILES string of the molecule is CC.NC=O.O=C1Nc2ccccc2[C@@]12C(c1ccccc1)CNC21CCCCC1.O=CC1CCCCC1. The van der Waals surface area contributed by atoms with Crippen LogP contribution >= 0.6 is 0 Å². The molecule has 2 heterocycles. The molecular formula is C32H45N3O3. The number of amides is 2. The van der Waals surface area contributed by atoms with E-state index < -0.39 is 5.41 Å². The van der Waals surface area contributed by atoms with Crippen molar-refractivity contribution in [1.29, 1.82) is 0 Å². The Labute approximate surface area is 228 Å². The molecule has 1 unspecified atom stereocenters. The van der Waals surface area contributed by atoms with Gasteiger partial charge in [-0.25, -0.2) is 0 Å². The number of aldehydes is 1. The van der Waals surface area contributed by atoms with E-state index in [1.165, 1.54) is 49.7 Å². The minimum Gasteiger partial charge on any atom is -0.372 e. The summed E-state index contributed by atoms with van der Waals surface area (Å²) >= 11 is 0. The van der Waals surface area contributed by atoms with Gasteiger partial charge in [0.1, 0.15) is 11.7 Å². The molecular weight excluding hydrogens is 474 g/mol. The molecule has 2 aliphatic heterocycles. The van der Waals surface area contributed by atoms with E-state index >= 15 is 0 Å². The number of rotatable bonds is 2. The molecule has 1 saturated heterocycles. The highest BCUT2D eigenvalue weighted by molar-refractivity contribution is 6.08. The maximum Gasteiger partial charge on any atom is 0.237 e. The third-order valence-electron chi connectivity index (χ3n) is 8.63. The van der Waals surface area contributed by atoms with Crippen LogP contribution in [0.4, 0.5) is 5.69 Å². The average molecular weight is 520 g/mol. The van der Waals surface area contributed by atoms with Gasteiger partial charge in [-0.2, -0.15) is 0 Å². The van der Waals surface area contributed by atoms with Crippen molar-refractivity contribution in [2.45, 2.75) is 94.9 Å². The van der Waals surface area contributed by atoms with Gasteiger partial charge in [0, 0.05) is 29.6 Å². The number of nitrogens with two attached hydrogens (primary N) is 1. The molecule has 6 rings (SSSR count). The van der Waals surface area contributed by atoms with Crippen molar-refractivity contribution in [2.24, 2.45) is 11.7 Å². The van der Waals surface area contributed by atoms with Gasteiger partial charge in [-0.15, -0.1) is 0 Å². The molecule has 2 saturated carbocycles. The van der Waals surface area contributed by atoms with Gasteiger partial charge in [0.15, 0.2) is 0 Å². The molecule has 0 radical (unpaired) electrons. The molecule has 4 N–H and O–H groups in total. The molecule has 4 aliphatic rings. The van der Waals surface area contributed by atoms with Gasteiger partial charge in [-0.1, -0.05) is 101 Å². The van der Waals surface area contributed by atoms with E-state index in [1.54, 1.807) is 0 Å². The van der Waals surface area contributed by atoms with Gasteiger partial charge in [-0.3, -0.25) is 9.59 Å². The Hall–Kier alpha value is -2.99. The highest BCUT2D eigenvalue weighted by Crippen LogP contribution is 2.60. The number of hydrogen-bond donors (Lipinski definition) is 3. The van der Waals surface area contributed by atoms with Crippen molar-refractivity contribution in [1.82, 2.24) is 5.32 Å². The maximum atomic E-state index is 13.6. The number of primary amides is 1. The summed E-state index contributed by atoms with van der Waals surface area (Å²) in [5, 5.41) is 7.09. The Morgan fingerprint density at radius 1 is 0.842 bits per heavy atom. The van der Waals surface area contributed by atoms with Gasteiger partial charge in [0.05, 0.1) is 0 Å². The third kappa shape index (κ3) is 5.70. The topological polar surface area (TPSA) is 101 Å². The molecule has 38 heavy (non-hydrogen) atoms. The predicted molar refractivity (Wildman–Crippen MR) is 154 cm³/mol. The Morgan fingerprint density at radius 3 is 2.03 bits per heavy atom. The number of carbonyl (C=O) groups is 3. The van der Waals surface area contributed by atoms with Crippen LogP contribution in [0.3, 0.4) is 0 Å². The van der Waals surface area contributed by atoms with Crippen LogP contribution in [-0.2, 0) is 19.8 Å². The van der Waals surface area contributed by atoms with Crippen molar-refractivity contribution in [2.75, 3.05) is 11.9 Å². The minimum atomic E-state index is -0.495. The highest BCUT2D eigenvalue weighted by atomic mass is 16.2. The molecule has 6 heteroatoms. The quantitative estimate of drug-likeness (QED) is 0.433. The van der Waals surface area contributed by atoms with Gasteiger partial charge >= 0.3 is 0 Å². The van der Waals surface area contributed by atoms with Gasteiger partial charge in [0.2, 0.25) is 12.3 Å². The van der Waals surface area contributed by atoms with E-state index in [2.05, 4.69) is 64.9 Å². The second-order valence-corrected chi connectivity index (χ2v) is 10.5. The lowest BCUT2D eigenvalue weighted by Crippen LogP contribution is -2.60. The van der Waals surface area contributed by atoms with E-state index in [9.17, 15) is 9.59 Å². The van der Waals surface area contributed by atoms with Crippen molar-refractivity contribution in [3.63, 3.8) is 0 Å². The molecule has 6 nitrogen and oxygen atoms in total. The molecule has 2 spiro atoms. The molecule has 0 bridgehead atoms. The van der Waals surface area contributed by atoms with Crippen LogP contribution in [0.2, 0.25) is 0 Å². The van der Waals surface area contributed by atoms with E-state index in [0.717, 1.165) is 44.2 Å². The van der Waals surface area contributed by atoms with Crippen LogP contribution in [0.25, 0.3) is 0 Å². The molecule has 3 fully saturated rings. The smallest absolute Gasteiger partial charge is 0.237 e.